The molecular formula is C18H20N4O4. The topological polar surface area (TPSA) is 84.9 Å². The van der Waals surface area contributed by atoms with E-state index in [4.69, 9.17) is 9.47 Å². The molecule has 1 aromatic heterocycles. The first-order valence-corrected chi connectivity index (χ1v) is 8.23. The Morgan fingerprint density at radius 2 is 1.62 bits per heavy atom. The van der Waals surface area contributed by atoms with Crippen LogP contribution in [0.4, 0.5) is 5.82 Å². The lowest BCUT2D eigenvalue weighted by molar-refractivity contribution is 0.0589. The van der Waals surface area contributed by atoms with E-state index in [1.807, 2.05) is 6.07 Å². The van der Waals surface area contributed by atoms with E-state index in [-0.39, 0.29) is 11.5 Å². The number of benzene rings is 1. The zero-order valence-electron chi connectivity index (χ0n) is 14.7. The largest absolute Gasteiger partial charge is 0.480 e. The third-order valence-corrected chi connectivity index (χ3v) is 4.29. The van der Waals surface area contributed by atoms with Gasteiger partial charge in [0, 0.05) is 32.2 Å². The average Bonchev–Trinajstić information content (AvgIpc) is 2.73. The van der Waals surface area contributed by atoms with Gasteiger partial charge in [-0.15, -0.1) is 10.2 Å². The van der Waals surface area contributed by atoms with Crippen molar-refractivity contribution < 1.29 is 19.1 Å². The molecule has 136 valence electrons. The number of rotatable bonds is 4. The lowest BCUT2D eigenvalue weighted by Gasteiger charge is -2.35. The van der Waals surface area contributed by atoms with Gasteiger partial charge in [-0.3, -0.25) is 4.79 Å². The predicted molar refractivity (Wildman–Crippen MR) is 94.5 cm³/mol. The summed E-state index contributed by atoms with van der Waals surface area (Å²) < 4.78 is 9.78. The summed E-state index contributed by atoms with van der Waals surface area (Å²) in [5, 5.41) is 8.10. The molecule has 0 aliphatic carbocycles. The molecule has 1 saturated heterocycles. The van der Waals surface area contributed by atoms with Crippen molar-refractivity contribution >= 4 is 17.7 Å². The molecule has 0 atom stereocenters. The van der Waals surface area contributed by atoms with Gasteiger partial charge in [-0.2, -0.15) is 0 Å². The predicted octanol–water partition coefficient (Wildman–Crippen LogP) is 1.23. The Balaban J connectivity index is 1.68. The van der Waals surface area contributed by atoms with E-state index in [1.54, 1.807) is 42.3 Å². The maximum Gasteiger partial charge on any atom is 0.338 e. The van der Waals surface area contributed by atoms with Crippen LogP contribution in [-0.4, -0.2) is 67.4 Å². The van der Waals surface area contributed by atoms with Crippen molar-refractivity contribution in [1.82, 2.24) is 15.1 Å². The van der Waals surface area contributed by atoms with Crippen LogP contribution in [0.2, 0.25) is 0 Å². The molecule has 0 unspecified atom stereocenters. The fourth-order valence-corrected chi connectivity index (χ4v) is 2.86. The van der Waals surface area contributed by atoms with Crippen LogP contribution in [0.5, 0.6) is 5.88 Å². The van der Waals surface area contributed by atoms with Crippen LogP contribution in [0.25, 0.3) is 0 Å². The van der Waals surface area contributed by atoms with E-state index >= 15 is 0 Å². The molecule has 1 fully saturated rings. The first-order chi connectivity index (χ1) is 12.6. The number of hydrogen-bond acceptors (Lipinski definition) is 7. The molecule has 2 aromatic rings. The van der Waals surface area contributed by atoms with E-state index in [1.165, 1.54) is 7.11 Å². The summed E-state index contributed by atoms with van der Waals surface area (Å²) in [4.78, 5) is 28.5. The molecule has 0 N–H and O–H groups in total. The van der Waals surface area contributed by atoms with Crippen molar-refractivity contribution in [1.29, 1.82) is 0 Å². The van der Waals surface area contributed by atoms with Crippen LogP contribution in [0.15, 0.2) is 36.4 Å². The zero-order chi connectivity index (χ0) is 18.5. The molecule has 26 heavy (non-hydrogen) atoms. The Labute approximate surface area is 151 Å². The first-order valence-electron chi connectivity index (χ1n) is 8.23. The van der Waals surface area contributed by atoms with Gasteiger partial charge in [-0.05, 0) is 18.2 Å². The number of carbonyl (C=O) groups excluding carboxylic acids is 2. The number of amides is 1. The van der Waals surface area contributed by atoms with Crippen molar-refractivity contribution in [3.05, 3.63) is 47.5 Å². The monoisotopic (exact) mass is 356 g/mol. The van der Waals surface area contributed by atoms with Crippen molar-refractivity contribution in [2.24, 2.45) is 0 Å². The highest BCUT2D eigenvalue weighted by atomic mass is 16.5. The van der Waals surface area contributed by atoms with E-state index in [9.17, 15) is 9.59 Å². The van der Waals surface area contributed by atoms with Crippen molar-refractivity contribution in [3.63, 3.8) is 0 Å². The second-order valence-electron chi connectivity index (χ2n) is 5.75. The number of carbonyl (C=O) groups is 2. The molecular weight excluding hydrogens is 336 g/mol. The lowest BCUT2D eigenvalue weighted by Crippen LogP contribution is -2.49. The molecule has 8 heteroatoms. The molecule has 1 amide bonds. The number of methoxy groups -OCH3 is 2. The number of hydrogen-bond donors (Lipinski definition) is 0. The standard InChI is InChI=1S/C18H20N4O4/c1-25-16-8-7-15(19-20-16)21-9-11-22(12-10-21)17(23)13-5-3-4-6-14(13)18(24)26-2/h3-8H,9-12H2,1-2H3. The van der Waals surface area contributed by atoms with Gasteiger partial charge in [-0.1, -0.05) is 12.1 Å². The second kappa shape index (κ2) is 7.81. The molecule has 1 aliphatic heterocycles. The average molecular weight is 356 g/mol. The molecule has 3 rings (SSSR count). The van der Waals surface area contributed by atoms with Gasteiger partial charge >= 0.3 is 5.97 Å². The maximum absolute atomic E-state index is 12.8. The fraction of sp³-hybridized carbons (Fsp3) is 0.333. The highest BCUT2D eigenvalue weighted by Gasteiger charge is 2.26. The van der Waals surface area contributed by atoms with Gasteiger partial charge in [0.25, 0.3) is 5.91 Å². The Morgan fingerprint density at radius 1 is 0.923 bits per heavy atom. The summed E-state index contributed by atoms with van der Waals surface area (Å²) in [6.45, 7) is 2.32. The Kier molecular flexibility index (Phi) is 5.31. The van der Waals surface area contributed by atoms with Gasteiger partial charge in [0.05, 0.1) is 25.3 Å². The lowest BCUT2D eigenvalue weighted by atomic mass is 10.1. The minimum absolute atomic E-state index is 0.175. The summed E-state index contributed by atoms with van der Waals surface area (Å²) in [5.41, 5.74) is 0.639. The quantitative estimate of drug-likeness (QED) is 0.762. The summed E-state index contributed by atoms with van der Waals surface area (Å²) in [7, 11) is 2.85. The molecule has 0 saturated carbocycles. The Bertz CT molecular complexity index is 786. The van der Waals surface area contributed by atoms with E-state index in [2.05, 4.69) is 15.1 Å². The van der Waals surface area contributed by atoms with Crippen LogP contribution in [-0.2, 0) is 4.74 Å². The number of anilines is 1. The Hall–Kier alpha value is -3.16. The number of nitrogens with zero attached hydrogens (tertiary/aromatic N) is 4. The van der Waals surface area contributed by atoms with Crippen LogP contribution < -0.4 is 9.64 Å². The molecule has 0 spiro atoms. The highest BCUT2D eigenvalue weighted by molar-refractivity contribution is 6.05. The highest BCUT2D eigenvalue weighted by Crippen LogP contribution is 2.18. The molecule has 0 radical (unpaired) electrons. The van der Waals surface area contributed by atoms with Gasteiger partial charge in [0.1, 0.15) is 0 Å². The summed E-state index contributed by atoms with van der Waals surface area (Å²) in [5.74, 6) is 0.516. The van der Waals surface area contributed by atoms with Crippen molar-refractivity contribution in [3.8, 4) is 5.88 Å². The minimum Gasteiger partial charge on any atom is -0.480 e. The number of ether oxygens (including phenoxy) is 2. The normalized spacial score (nSPS) is 14.1. The zero-order valence-corrected chi connectivity index (χ0v) is 14.7. The third kappa shape index (κ3) is 3.58. The summed E-state index contributed by atoms with van der Waals surface area (Å²) >= 11 is 0. The van der Waals surface area contributed by atoms with Gasteiger partial charge in [0.2, 0.25) is 5.88 Å². The van der Waals surface area contributed by atoms with E-state index in [0.29, 0.717) is 37.6 Å². The van der Waals surface area contributed by atoms with Crippen LogP contribution in [0.3, 0.4) is 0 Å². The third-order valence-electron chi connectivity index (χ3n) is 4.29. The molecule has 2 heterocycles. The molecule has 1 aliphatic rings. The van der Waals surface area contributed by atoms with Crippen molar-refractivity contribution in [2.75, 3.05) is 45.3 Å². The van der Waals surface area contributed by atoms with Gasteiger partial charge in [0.15, 0.2) is 5.82 Å². The van der Waals surface area contributed by atoms with Gasteiger partial charge < -0.3 is 19.3 Å². The smallest absolute Gasteiger partial charge is 0.338 e. The second-order valence-corrected chi connectivity index (χ2v) is 5.75. The number of esters is 1. The van der Waals surface area contributed by atoms with Crippen molar-refractivity contribution in [2.45, 2.75) is 0 Å². The number of piperazine rings is 1. The minimum atomic E-state index is -0.513. The number of aromatic nitrogens is 2. The Morgan fingerprint density at radius 3 is 2.19 bits per heavy atom. The molecule has 1 aromatic carbocycles. The summed E-state index contributed by atoms with van der Waals surface area (Å²) in [6.07, 6.45) is 0. The maximum atomic E-state index is 12.8. The van der Waals surface area contributed by atoms with Crippen LogP contribution in [0.1, 0.15) is 20.7 Å². The molecule has 8 nitrogen and oxygen atoms in total. The molecule has 0 bridgehead atoms. The van der Waals surface area contributed by atoms with Gasteiger partial charge in [-0.25, -0.2) is 4.79 Å². The summed E-state index contributed by atoms with van der Waals surface area (Å²) in [6, 6.07) is 10.3. The van der Waals surface area contributed by atoms with Crippen LogP contribution >= 0.6 is 0 Å². The van der Waals surface area contributed by atoms with E-state index in [0.717, 1.165) is 5.82 Å². The first kappa shape index (κ1) is 17.7. The SMILES string of the molecule is COC(=O)c1ccccc1C(=O)N1CCN(c2ccc(OC)nn2)CC1. The fourth-order valence-electron chi connectivity index (χ4n) is 2.86. The van der Waals surface area contributed by atoms with Crippen LogP contribution in [0, 0.1) is 0 Å². The van der Waals surface area contributed by atoms with E-state index < -0.39 is 5.97 Å².